The Labute approximate surface area is 135 Å². The predicted molar refractivity (Wildman–Crippen MR) is 84.7 cm³/mol. The number of nitrogens with zero attached hydrogens (tertiary/aromatic N) is 1. The molecule has 0 aliphatic rings. The molecule has 1 N–H and O–H groups in total. The lowest BCUT2D eigenvalue weighted by Gasteiger charge is -2.26. The number of amides is 2. The van der Waals surface area contributed by atoms with Crippen LogP contribution in [0.4, 0.5) is 14.9 Å². The summed E-state index contributed by atoms with van der Waals surface area (Å²) in [5, 5.41) is 2.60. The minimum Gasteiger partial charge on any atom is -0.444 e. The second-order valence-electron chi connectivity index (χ2n) is 5.95. The van der Waals surface area contributed by atoms with E-state index in [1.54, 1.807) is 20.8 Å². The highest BCUT2D eigenvalue weighted by Crippen LogP contribution is 2.11. The normalized spacial score (nSPS) is 11.0. The molecule has 128 valence electrons. The first-order valence-electron chi connectivity index (χ1n) is 7.23. The number of ether oxygens (including phenoxy) is 2. The maximum atomic E-state index is 12.8. The Morgan fingerprint density at radius 3 is 2.35 bits per heavy atom. The molecule has 0 aromatic heterocycles. The van der Waals surface area contributed by atoms with Crippen molar-refractivity contribution in [2.75, 3.05) is 32.1 Å². The van der Waals surface area contributed by atoms with Gasteiger partial charge in [-0.05, 0) is 45.0 Å². The molecule has 0 saturated carbocycles. The summed E-state index contributed by atoms with van der Waals surface area (Å²) < 4.78 is 23.0. The summed E-state index contributed by atoms with van der Waals surface area (Å²) >= 11 is 0. The molecule has 1 aromatic rings. The number of methoxy groups -OCH3 is 1. The number of anilines is 1. The van der Waals surface area contributed by atoms with Crippen LogP contribution in [0.3, 0.4) is 0 Å². The lowest BCUT2D eigenvalue weighted by molar-refractivity contribution is -0.117. The Morgan fingerprint density at radius 2 is 1.83 bits per heavy atom. The third kappa shape index (κ3) is 7.60. The van der Waals surface area contributed by atoms with Crippen LogP contribution in [0.15, 0.2) is 24.3 Å². The van der Waals surface area contributed by atoms with Crippen molar-refractivity contribution in [2.24, 2.45) is 0 Å². The fourth-order valence-electron chi connectivity index (χ4n) is 1.67. The third-order valence-electron chi connectivity index (χ3n) is 2.68. The Kier molecular flexibility index (Phi) is 6.96. The molecule has 6 nitrogen and oxygen atoms in total. The van der Waals surface area contributed by atoms with Gasteiger partial charge in [-0.1, -0.05) is 0 Å². The smallest absolute Gasteiger partial charge is 0.410 e. The Morgan fingerprint density at radius 1 is 1.22 bits per heavy atom. The van der Waals surface area contributed by atoms with Gasteiger partial charge in [0.15, 0.2) is 0 Å². The molecule has 0 radical (unpaired) electrons. The maximum Gasteiger partial charge on any atom is 0.410 e. The van der Waals surface area contributed by atoms with E-state index in [9.17, 15) is 14.0 Å². The van der Waals surface area contributed by atoms with Crippen molar-refractivity contribution < 1.29 is 23.5 Å². The van der Waals surface area contributed by atoms with Crippen LogP contribution in [0.25, 0.3) is 0 Å². The summed E-state index contributed by atoms with van der Waals surface area (Å²) in [6, 6.07) is 5.37. The zero-order valence-electron chi connectivity index (χ0n) is 13.9. The minimum absolute atomic E-state index is 0.185. The van der Waals surface area contributed by atoms with E-state index in [1.807, 2.05) is 0 Å². The molecule has 0 unspecified atom stereocenters. The van der Waals surface area contributed by atoms with Crippen molar-refractivity contribution in [3.05, 3.63) is 30.1 Å². The lowest BCUT2D eigenvalue weighted by Crippen LogP contribution is -2.42. The molecule has 2 amide bonds. The summed E-state index contributed by atoms with van der Waals surface area (Å²) in [4.78, 5) is 25.4. The van der Waals surface area contributed by atoms with E-state index in [1.165, 1.54) is 36.3 Å². The SMILES string of the molecule is COCCN(CC(=O)Nc1ccc(F)cc1)C(=O)OC(C)(C)C. The molecular formula is C16H23FN2O4. The monoisotopic (exact) mass is 326 g/mol. The highest BCUT2D eigenvalue weighted by molar-refractivity contribution is 5.93. The number of carbonyl (C=O) groups is 2. The van der Waals surface area contributed by atoms with E-state index in [0.29, 0.717) is 5.69 Å². The molecule has 0 heterocycles. The first kappa shape index (κ1) is 18.9. The number of rotatable bonds is 6. The average Bonchev–Trinajstić information content (AvgIpc) is 2.44. The Bertz CT molecular complexity index is 526. The molecule has 0 fully saturated rings. The molecule has 0 atom stereocenters. The standard InChI is InChI=1S/C16H23FN2O4/c1-16(2,3)23-15(21)19(9-10-22-4)11-14(20)18-13-7-5-12(17)6-8-13/h5-8H,9-11H2,1-4H3,(H,18,20). The average molecular weight is 326 g/mol. The van der Waals surface area contributed by atoms with Crippen molar-refractivity contribution in [2.45, 2.75) is 26.4 Å². The molecule has 0 saturated heterocycles. The lowest BCUT2D eigenvalue weighted by atomic mass is 10.2. The fraction of sp³-hybridized carbons (Fsp3) is 0.500. The summed E-state index contributed by atoms with van der Waals surface area (Å²) in [5.41, 5.74) is -0.206. The van der Waals surface area contributed by atoms with E-state index in [-0.39, 0.29) is 19.7 Å². The van der Waals surface area contributed by atoms with Crippen molar-refractivity contribution >= 4 is 17.7 Å². The van der Waals surface area contributed by atoms with E-state index in [4.69, 9.17) is 9.47 Å². The second-order valence-corrected chi connectivity index (χ2v) is 5.95. The molecule has 7 heteroatoms. The maximum absolute atomic E-state index is 12.8. The number of carbonyl (C=O) groups excluding carboxylic acids is 2. The van der Waals surface area contributed by atoms with E-state index in [0.717, 1.165) is 0 Å². The van der Waals surface area contributed by atoms with Gasteiger partial charge in [-0.25, -0.2) is 9.18 Å². The molecular weight excluding hydrogens is 303 g/mol. The van der Waals surface area contributed by atoms with Crippen molar-refractivity contribution in [3.8, 4) is 0 Å². The van der Waals surface area contributed by atoms with Gasteiger partial charge in [0, 0.05) is 19.3 Å². The van der Waals surface area contributed by atoms with E-state index in [2.05, 4.69) is 5.32 Å². The second kappa shape index (κ2) is 8.47. The molecule has 1 rings (SSSR count). The molecule has 1 aromatic carbocycles. The summed E-state index contributed by atoms with van der Waals surface area (Å²) in [7, 11) is 1.51. The van der Waals surface area contributed by atoms with Gasteiger partial charge in [0.2, 0.25) is 5.91 Å². The van der Waals surface area contributed by atoms with Gasteiger partial charge in [0.1, 0.15) is 18.0 Å². The quantitative estimate of drug-likeness (QED) is 0.872. The van der Waals surface area contributed by atoms with Gasteiger partial charge >= 0.3 is 6.09 Å². The molecule has 0 spiro atoms. The largest absolute Gasteiger partial charge is 0.444 e. The third-order valence-corrected chi connectivity index (χ3v) is 2.68. The van der Waals surface area contributed by atoms with Crippen molar-refractivity contribution in [1.29, 1.82) is 0 Å². The zero-order chi connectivity index (χ0) is 17.5. The summed E-state index contributed by atoms with van der Waals surface area (Å²) in [5.74, 6) is -0.794. The van der Waals surface area contributed by atoms with E-state index < -0.39 is 23.4 Å². The molecule has 23 heavy (non-hydrogen) atoms. The van der Waals surface area contributed by atoms with Crippen LogP contribution in [-0.4, -0.2) is 49.3 Å². The molecule has 0 bridgehead atoms. The van der Waals surface area contributed by atoms with E-state index >= 15 is 0 Å². The molecule has 0 aliphatic carbocycles. The van der Waals surface area contributed by atoms with Gasteiger partial charge in [-0.15, -0.1) is 0 Å². The molecule has 0 aliphatic heterocycles. The number of benzene rings is 1. The minimum atomic E-state index is -0.657. The van der Waals surface area contributed by atoms with Gasteiger partial charge in [0.05, 0.1) is 6.61 Å². The van der Waals surface area contributed by atoms with Crippen LogP contribution < -0.4 is 5.32 Å². The van der Waals surface area contributed by atoms with Gasteiger partial charge in [-0.3, -0.25) is 9.69 Å². The van der Waals surface area contributed by atoms with Gasteiger partial charge < -0.3 is 14.8 Å². The summed E-state index contributed by atoms with van der Waals surface area (Å²) in [6.45, 7) is 5.56. The van der Waals surface area contributed by atoms with Gasteiger partial charge in [-0.2, -0.15) is 0 Å². The topological polar surface area (TPSA) is 67.9 Å². The number of hydrogen-bond acceptors (Lipinski definition) is 4. The summed E-state index contributed by atoms with van der Waals surface area (Å²) in [6.07, 6.45) is -0.594. The van der Waals surface area contributed by atoms with Crippen LogP contribution >= 0.6 is 0 Å². The zero-order valence-corrected chi connectivity index (χ0v) is 13.9. The highest BCUT2D eigenvalue weighted by Gasteiger charge is 2.23. The van der Waals surface area contributed by atoms with Crippen LogP contribution in [0, 0.1) is 5.82 Å². The van der Waals surface area contributed by atoms with Crippen LogP contribution in [0.2, 0.25) is 0 Å². The van der Waals surface area contributed by atoms with Crippen molar-refractivity contribution in [1.82, 2.24) is 4.90 Å². The number of nitrogens with one attached hydrogen (secondary N) is 1. The Balaban J connectivity index is 2.66. The van der Waals surface area contributed by atoms with Crippen molar-refractivity contribution in [3.63, 3.8) is 0 Å². The fourth-order valence-corrected chi connectivity index (χ4v) is 1.67. The first-order chi connectivity index (χ1) is 10.7. The number of halogens is 1. The number of hydrogen-bond donors (Lipinski definition) is 1. The predicted octanol–water partition coefficient (Wildman–Crippen LogP) is 2.65. The first-order valence-corrected chi connectivity index (χ1v) is 7.23. The van der Waals surface area contributed by atoms with Crippen LogP contribution in [0.1, 0.15) is 20.8 Å². The van der Waals surface area contributed by atoms with Gasteiger partial charge in [0.25, 0.3) is 0 Å². The van der Waals surface area contributed by atoms with Crippen LogP contribution in [-0.2, 0) is 14.3 Å². The Hall–Kier alpha value is -2.15. The highest BCUT2D eigenvalue weighted by atomic mass is 19.1. The van der Waals surface area contributed by atoms with Crippen LogP contribution in [0.5, 0.6) is 0 Å².